The van der Waals surface area contributed by atoms with Gasteiger partial charge in [-0.2, -0.15) is 18.4 Å². The molecule has 1 heterocycles. The van der Waals surface area contributed by atoms with Gasteiger partial charge in [0, 0.05) is 26.0 Å². The topological polar surface area (TPSA) is 74.1 Å². The van der Waals surface area contributed by atoms with Crippen LogP contribution in [0.3, 0.4) is 0 Å². The molecule has 0 spiro atoms. The van der Waals surface area contributed by atoms with Gasteiger partial charge >= 0.3 is 6.18 Å². The Kier molecular flexibility index (Phi) is 5.37. The lowest BCUT2D eigenvalue weighted by Gasteiger charge is -2.12. The summed E-state index contributed by atoms with van der Waals surface area (Å²) >= 11 is 0. The number of nitriles is 1. The van der Waals surface area contributed by atoms with Crippen molar-refractivity contribution in [3.05, 3.63) is 58.6 Å². The Bertz CT molecular complexity index is 956. The SMILES string of the molecule is CN(C)c1ccc(C=C(C#N)S(=O)(=O)c2ccc(C(F)(F)F)cn2)cc1. The van der Waals surface area contributed by atoms with E-state index in [9.17, 15) is 26.9 Å². The van der Waals surface area contributed by atoms with E-state index in [1.807, 2.05) is 19.0 Å². The predicted molar refractivity (Wildman–Crippen MR) is 90.8 cm³/mol. The summed E-state index contributed by atoms with van der Waals surface area (Å²) in [5, 5.41) is 8.58. The molecule has 0 bridgehead atoms. The van der Waals surface area contributed by atoms with Gasteiger partial charge in [0.25, 0.3) is 0 Å². The third-order valence-corrected chi connectivity index (χ3v) is 5.03. The third-order valence-electron chi connectivity index (χ3n) is 3.45. The van der Waals surface area contributed by atoms with E-state index in [-0.39, 0.29) is 0 Å². The van der Waals surface area contributed by atoms with Crippen molar-refractivity contribution in [3.8, 4) is 6.07 Å². The Labute approximate surface area is 148 Å². The second-order valence-electron chi connectivity index (χ2n) is 5.49. The molecule has 0 unspecified atom stereocenters. The standard InChI is InChI=1S/C17H14F3N3O2S/c1-23(2)14-6-3-12(4-7-14)9-15(10-21)26(24,25)16-8-5-13(11-22-16)17(18,19)20/h3-9,11H,1-2H3. The quantitative estimate of drug-likeness (QED) is 0.758. The van der Waals surface area contributed by atoms with E-state index in [1.165, 1.54) is 0 Å². The summed E-state index contributed by atoms with van der Waals surface area (Å²) in [5.41, 5.74) is 0.272. The summed E-state index contributed by atoms with van der Waals surface area (Å²) in [6.45, 7) is 0. The molecule has 0 saturated heterocycles. The molecule has 0 saturated carbocycles. The number of nitrogens with zero attached hydrogens (tertiary/aromatic N) is 3. The lowest BCUT2D eigenvalue weighted by atomic mass is 10.2. The summed E-state index contributed by atoms with van der Waals surface area (Å²) < 4.78 is 62.6. The van der Waals surface area contributed by atoms with E-state index >= 15 is 0 Å². The molecule has 0 aliphatic heterocycles. The maximum absolute atomic E-state index is 12.6. The summed E-state index contributed by atoms with van der Waals surface area (Å²) in [6.07, 6.45) is -3.06. The smallest absolute Gasteiger partial charge is 0.378 e. The van der Waals surface area contributed by atoms with Crippen LogP contribution in [0.4, 0.5) is 18.9 Å². The van der Waals surface area contributed by atoms with Gasteiger partial charge in [0.1, 0.15) is 6.07 Å². The van der Waals surface area contributed by atoms with Gasteiger partial charge in [0.15, 0.2) is 9.93 Å². The molecule has 9 heteroatoms. The number of allylic oxidation sites excluding steroid dienone is 1. The Morgan fingerprint density at radius 3 is 2.19 bits per heavy atom. The molecule has 0 N–H and O–H groups in total. The van der Waals surface area contributed by atoms with Gasteiger partial charge in [0.2, 0.25) is 9.84 Å². The Morgan fingerprint density at radius 1 is 1.15 bits per heavy atom. The minimum atomic E-state index is -4.63. The number of halogens is 3. The van der Waals surface area contributed by atoms with Crippen molar-refractivity contribution in [2.75, 3.05) is 19.0 Å². The van der Waals surface area contributed by atoms with E-state index in [0.717, 1.165) is 17.8 Å². The molecular weight excluding hydrogens is 367 g/mol. The van der Waals surface area contributed by atoms with E-state index < -0.39 is 31.5 Å². The highest BCUT2D eigenvalue weighted by molar-refractivity contribution is 7.95. The van der Waals surface area contributed by atoms with Crippen LogP contribution < -0.4 is 4.90 Å². The van der Waals surface area contributed by atoms with Crippen LogP contribution in [0.1, 0.15) is 11.1 Å². The number of pyridine rings is 1. The molecule has 0 aliphatic carbocycles. The maximum atomic E-state index is 12.6. The van der Waals surface area contributed by atoms with Gasteiger partial charge in [-0.25, -0.2) is 13.4 Å². The number of benzene rings is 1. The molecule has 0 aliphatic rings. The molecule has 2 aromatic rings. The number of hydrogen-bond donors (Lipinski definition) is 0. The zero-order chi connectivity index (χ0) is 19.5. The summed E-state index contributed by atoms with van der Waals surface area (Å²) in [7, 11) is -0.648. The maximum Gasteiger partial charge on any atom is 0.417 e. The second-order valence-corrected chi connectivity index (χ2v) is 7.36. The van der Waals surface area contributed by atoms with Crippen LogP contribution in [0.15, 0.2) is 52.5 Å². The van der Waals surface area contributed by atoms with E-state index in [2.05, 4.69) is 4.98 Å². The first kappa shape index (κ1) is 19.5. The normalized spacial score (nSPS) is 12.5. The molecular formula is C17H14F3N3O2S. The number of alkyl halides is 3. The Balaban J connectivity index is 2.40. The van der Waals surface area contributed by atoms with Gasteiger partial charge in [-0.15, -0.1) is 0 Å². The largest absolute Gasteiger partial charge is 0.417 e. The average Bonchev–Trinajstić information content (AvgIpc) is 2.59. The van der Waals surface area contributed by atoms with Crippen LogP contribution in [0.2, 0.25) is 0 Å². The van der Waals surface area contributed by atoms with E-state index in [1.54, 1.807) is 30.3 Å². The highest BCUT2D eigenvalue weighted by atomic mass is 32.2. The van der Waals surface area contributed by atoms with Gasteiger partial charge in [0.05, 0.1) is 5.56 Å². The first-order chi connectivity index (χ1) is 12.1. The van der Waals surface area contributed by atoms with E-state index in [0.29, 0.717) is 17.8 Å². The molecule has 2 rings (SSSR count). The summed E-state index contributed by atoms with van der Waals surface area (Å²) in [4.78, 5) is 4.60. The zero-order valence-corrected chi connectivity index (χ0v) is 14.6. The Hall–Kier alpha value is -2.86. The van der Waals surface area contributed by atoms with Crippen molar-refractivity contribution in [1.29, 1.82) is 5.26 Å². The first-order valence-electron chi connectivity index (χ1n) is 7.23. The van der Waals surface area contributed by atoms with Crippen molar-refractivity contribution in [2.45, 2.75) is 11.2 Å². The molecule has 1 aromatic carbocycles. The van der Waals surface area contributed by atoms with E-state index in [4.69, 9.17) is 0 Å². The third kappa shape index (κ3) is 4.21. The summed E-state index contributed by atoms with van der Waals surface area (Å²) in [5.74, 6) is 0. The predicted octanol–water partition coefficient (Wildman–Crippen LogP) is 3.50. The lowest BCUT2D eigenvalue weighted by Crippen LogP contribution is -2.10. The number of aromatic nitrogens is 1. The minimum Gasteiger partial charge on any atom is -0.378 e. The molecule has 1 aromatic heterocycles. The van der Waals surface area contributed by atoms with Crippen molar-refractivity contribution in [3.63, 3.8) is 0 Å². The molecule has 5 nitrogen and oxygen atoms in total. The highest BCUT2D eigenvalue weighted by Gasteiger charge is 2.32. The van der Waals surface area contributed by atoms with Crippen LogP contribution in [-0.2, 0) is 16.0 Å². The van der Waals surface area contributed by atoms with Crippen LogP contribution in [0.25, 0.3) is 6.08 Å². The van der Waals surface area contributed by atoms with Crippen molar-refractivity contribution in [2.24, 2.45) is 0 Å². The van der Waals surface area contributed by atoms with Crippen LogP contribution in [0.5, 0.6) is 0 Å². The second kappa shape index (κ2) is 7.17. The minimum absolute atomic E-state index is 0.424. The summed E-state index contributed by atoms with van der Waals surface area (Å²) in [6, 6.07) is 9.65. The van der Waals surface area contributed by atoms with Gasteiger partial charge in [-0.3, -0.25) is 0 Å². The van der Waals surface area contributed by atoms with Gasteiger partial charge in [-0.1, -0.05) is 12.1 Å². The van der Waals surface area contributed by atoms with Crippen LogP contribution >= 0.6 is 0 Å². The number of rotatable bonds is 4. The lowest BCUT2D eigenvalue weighted by molar-refractivity contribution is -0.137. The highest BCUT2D eigenvalue weighted by Crippen LogP contribution is 2.29. The van der Waals surface area contributed by atoms with Gasteiger partial charge in [-0.05, 0) is 35.9 Å². The fourth-order valence-electron chi connectivity index (χ4n) is 2.01. The first-order valence-corrected chi connectivity index (χ1v) is 8.71. The molecule has 136 valence electrons. The van der Waals surface area contributed by atoms with Crippen molar-refractivity contribution in [1.82, 2.24) is 4.98 Å². The number of anilines is 1. The number of sulfone groups is 1. The van der Waals surface area contributed by atoms with Crippen molar-refractivity contribution >= 4 is 21.6 Å². The molecule has 0 radical (unpaired) electrons. The number of hydrogen-bond acceptors (Lipinski definition) is 5. The zero-order valence-electron chi connectivity index (χ0n) is 13.8. The van der Waals surface area contributed by atoms with Crippen LogP contribution in [-0.4, -0.2) is 27.5 Å². The van der Waals surface area contributed by atoms with Crippen molar-refractivity contribution < 1.29 is 21.6 Å². The Morgan fingerprint density at radius 2 is 1.77 bits per heavy atom. The molecule has 0 amide bonds. The fourth-order valence-corrected chi connectivity index (χ4v) is 3.09. The van der Waals surface area contributed by atoms with Gasteiger partial charge < -0.3 is 4.90 Å². The molecule has 26 heavy (non-hydrogen) atoms. The average molecular weight is 381 g/mol. The fraction of sp³-hybridized carbons (Fsp3) is 0.176. The molecule has 0 fully saturated rings. The monoisotopic (exact) mass is 381 g/mol. The van der Waals surface area contributed by atoms with Crippen LogP contribution in [0, 0.1) is 11.3 Å². The molecule has 0 atom stereocenters.